The second-order valence-electron chi connectivity index (χ2n) is 6.88. The summed E-state index contributed by atoms with van der Waals surface area (Å²) in [7, 11) is 0. The van der Waals surface area contributed by atoms with Crippen molar-refractivity contribution in [3.8, 4) is 5.75 Å². The maximum absolute atomic E-state index is 13.3. The number of aliphatic hydroxyl groups is 1. The van der Waals surface area contributed by atoms with Crippen LogP contribution in [0.15, 0.2) is 18.2 Å². The van der Waals surface area contributed by atoms with E-state index in [9.17, 15) is 9.50 Å². The molecule has 2 aliphatic rings. The highest BCUT2D eigenvalue weighted by molar-refractivity contribution is 5.38. The zero-order valence-electron chi connectivity index (χ0n) is 12.8. The first-order valence-corrected chi connectivity index (χ1v) is 7.86. The van der Waals surface area contributed by atoms with E-state index >= 15 is 0 Å². The fraction of sp³-hybridized carbons (Fsp3) is 0.647. The Balaban J connectivity index is 1.73. The monoisotopic (exact) mass is 293 g/mol. The van der Waals surface area contributed by atoms with Crippen molar-refractivity contribution in [1.29, 1.82) is 0 Å². The van der Waals surface area contributed by atoms with Gasteiger partial charge in [-0.05, 0) is 37.0 Å². The number of aliphatic hydroxyl groups excluding tert-OH is 1. The fourth-order valence-electron chi connectivity index (χ4n) is 3.58. The molecule has 2 aliphatic heterocycles. The molecule has 0 aromatic heterocycles. The Morgan fingerprint density at radius 2 is 2.10 bits per heavy atom. The van der Waals surface area contributed by atoms with E-state index in [4.69, 9.17) is 4.74 Å². The van der Waals surface area contributed by atoms with Crippen LogP contribution in [-0.2, 0) is 0 Å². The Morgan fingerprint density at radius 3 is 2.76 bits per heavy atom. The summed E-state index contributed by atoms with van der Waals surface area (Å²) < 4.78 is 19.5. The molecule has 0 radical (unpaired) electrons. The number of fused-ring (bicyclic) bond motifs is 1. The van der Waals surface area contributed by atoms with Gasteiger partial charge in [-0.3, -0.25) is 0 Å². The molecule has 1 aromatic carbocycles. The number of hydrogen-bond acceptors (Lipinski definition) is 3. The molecule has 3 rings (SSSR count). The molecule has 1 N–H and O–H groups in total. The zero-order chi connectivity index (χ0) is 15.0. The van der Waals surface area contributed by atoms with Gasteiger partial charge in [0, 0.05) is 31.6 Å². The molecular formula is C17H24FNO2. The predicted octanol–water partition coefficient (Wildman–Crippen LogP) is 3.13. The predicted molar refractivity (Wildman–Crippen MR) is 79.8 cm³/mol. The zero-order valence-corrected chi connectivity index (χ0v) is 12.8. The van der Waals surface area contributed by atoms with Crippen LogP contribution in [0.4, 0.5) is 4.39 Å². The molecule has 3 nitrogen and oxygen atoms in total. The number of halogens is 1. The van der Waals surface area contributed by atoms with Gasteiger partial charge in [0.1, 0.15) is 17.2 Å². The summed E-state index contributed by atoms with van der Waals surface area (Å²) in [5.41, 5.74) is 0.308. The van der Waals surface area contributed by atoms with Crippen molar-refractivity contribution in [1.82, 2.24) is 4.90 Å². The van der Waals surface area contributed by atoms with Crippen molar-refractivity contribution in [3.63, 3.8) is 0 Å². The SMILES string of the molecule is CC(C)CN1CCC2(CC1)CC(O)c1cc(F)ccc1O2. The van der Waals surface area contributed by atoms with Crippen LogP contribution in [0.1, 0.15) is 44.8 Å². The molecule has 1 atom stereocenters. The first-order valence-electron chi connectivity index (χ1n) is 7.86. The van der Waals surface area contributed by atoms with Crippen LogP contribution in [0.3, 0.4) is 0 Å². The van der Waals surface area contributed by atoms with E-state index in [1.165, 1.54) is 12.1 Å². The van der Waals surface area contributed by atoms with Crippen molar-refractivity contribution in [2.75, 3.05) is 19.6 Å². The normalized spacial score (nSPS) is 24.9. The minimum atomic E-state index is -0.624. The van der Waals surface area contributed by atoms with Gasteiger partial charge < -0.3 is 14.7 Å². The minimum absolute atomic E-state index is 0.280. The lowest BCUT2D eigenvalue weighted by Gasteiger charge is -2.46. The molecule has 116 valence electrons. The molecule has 1 spiro atoms. The van der Waals surface area contributed by atoms with E-state index in [1.807, 2.05) is 0 Å². The second-order valence-corrected chi connectivity index (χ2v) is 6.88. The van der Waals surface area contributed by atoms with Crippen molar-refractivity contribution in [2.45, 2.75) is 44.8 Å². The quantitative estimate of drug-likeness (QED) is 0.909. The summed E-state index contributed by atoms with van der Waals surface area (Å²) in [4.78, 5) is 2.46. The molecule has 4 heteroatoms. The smallest absolute Gasteiger partial charge is 0.126 e. The average molecular weight is 293 g/mol. The first-order chi connectivity index (χ1) is 9.97. The van der Waals surface area contributed by atoms with Crippen LogP contribution < -0.4 is 4.74 Å². The van der Waals surface area contributed by atoms with Crippen LogP contribution in [0.25, 0.3) is 0 Å². The van der Waals surface area contributed by atoms with Crippen molar-refractivity contribution >= 4 is 0 Å². The van der Waals surface area contributed by atoms with Gasteiger partial charge in [-0.2, -0.15) is 0 Å². The van der Waals surface area contributed by atoms with E-state index in [-0.39, 0.29) is 11.4 Å². The lowest BCUT2D eigenvalue weighted by Crippen LogP contribution is -2.51. The Kier molecular flexibility index (Phi) is 3.93. The van der Waals surface area contributed by atoms with Crippen molar-refractivity contribution < 1.29 is 14.2 Å². The van der Waals surface area contributed by atoms with E-state index in [0.29, 0.717) is 23.7 Å². The number of rotatable bonds is 2. The molecule has 1 aromatic rings. The number of benzene rings is 1. The highest BCUT2D eigenvalue weighted by Crippen LogP contribution is 2.44. The molecule has 2 heterocycles. The van der Waals surface area contributed by atoms with Gasteiger partial charge in [-0.15, -0.1) is 0 Å². The van der Waals surface area contributed by atoms with E-state index < -0.39 is 6.10 Å². The summed E-state index contributed by atoms with van der Waals surface area (Å²) >= 11 is 0. The van der Waals surface area contributed by atoms with Crippen LogP contribution >= 0.6 is 0 Å². The molecular weight excluding hydrogens is 269 g/mol. The van der Waals surface area contributed by atoms with Gasteiger partial charge in [0.2, 0.25) is 0 Å². The van der Waals surface area contributed by atoms with Crippen LogP contribution in [-0.4, -0.2) is 35.2 Å². The number of hydrogen-bond donors (Lipinski definition) is 1. The third-order valence-corrected chi connectivity index (χ3v) is 4.61. The molecule has 0 bridgehead atoms. The standard InChI is InChI=1S/C17H24FNO2/c1-12(2)11-19-7-5-17(6-8-19)10-15(20)14-9-13(18)3-4-16(14)21-17/h3-4,9,12,15,20H,5-8,10-11H2,1-2H3. The van der Waals surface area contributed by atoms with Crippen molar-refractivity contribution in [2.24, 2.45) is 5.92 Å². The molecule has 0 amide bonds. The van der Waals surface area contributed by atoms with E-state index in [1.54, 1.807) is 6.07 Å². The van der Waals surface area contributed by atoms with Gasteiger partial charge in [0.05, 0.1) is 6.10 Å². The first kappa shape index (κ1) is 14.8. The summed E-state index contributed by atoms with van der Waals surface area (Å²) in [6.07, 6.45) is 1.79. The van der Waals surface area contributed by atoms with Crippen LogP contribution in [0, 0.1) is 11.7 Å². The van der Waals surface area contributed by atoms with Gasteiger partial charge in [-0.25, -0.2) is 4.39 Å². The third kappa shape index (κ3) is 3.06. The molecule has 1 fully saturated rings. The second kappa shape index (κ2) is 5.58. The lowest BCUT2D eigenvalue weighted by molar-refractivity contribution is -0.0553. The maximum Gasteiger partial charge on any atom is 0.126 e. The molecule has 0 aliphatic carbocycles. The summed E-state index contributed by atoms with van der Waals surface area (Å²) in [5.74, 6) is 0.993. The summed E-state index contributed by atoms with van der Waals surface area (Å²) in [5, 5.41) is 10.4. The van der Waals surface area contributed by atoms with Crippen LogP contribution in [0.5, 0.6) is 5.75 Å². The topological polar surface area (TPSA) is 32.7 Å². The molecule has 1 unspecified atom stereocenters. The van der Waals surface area contributed by atoms with Crippen molar-refractivity contribution in [3.05, 3.63) is 29.6 Å². The minimum Gasteiger partial charge on any atom is -0.487 e. The maximum atomic E-state index is 13.3. The third-order valence-electron chi connectivity index (χ3n) is 4.61. The Labute approximate surface area is 125 Å². The highest BCUT2D eigenvalue weighted by atomic mass is 19.1. The molecule has 21 heavy (non-hydrogen) atoms. The van der Waals surface area contributed by atoms with Crippen LogP contribution in [0.2, 0.25) is 0 Å². The van der Waals surface area contributed by atoms with Gasteiger partial charge in [-0.1, -0.05) is 13.8 Å². The number of ether oxygens (including phenoxy) is 1. The Morgan fingerprint density at radius 1 is 1.38 bits per heavy atom. The van der Waals surface area contributed by atoms with Gasteiger partial charge in [0.25, 0.3) is 0 Å². The van der Waals surface area contributed by atoms with E-state index in [2.05, 4.69) is 18.7 Å². The Hall–Kier alpha value is -1.13. The summed E-state index contributed by atoms with van der Waals surface area (Å²) in [6, 6.07) is 4.44. The van der Waals surface area contributed by atoms with Gasteiger partial charge in [0.15, 0.2) is 0 Å². The molecule has 0 saturated carbocycles. The molecule has 1 saturated heterocycles. The number of nitrogens with zero attached hydrogens (tertiary/aromatic N) is 1. The number of likely N-dealkylation sites (tertiary alicyclic amines) is 1. The fourth-order valence-corrected chi connectivity index (χ4v) is 3.58. The van der Waals surface area contributed by atoms with Gasteiger partial charge >= 0.3 is 0 Å². The van der Waals surface area contributed by atoms with E-state index in [0.717, 1.165) is 32.5 Å². The lowest BCUT2D eigenvalue weighted by atomic mass is 9.81. The largest absolute Gasteiger partial charge is 0.487 e. The Bertz CT molecular complexity index is 510. The average Bonchev–Trinajstić information content (AvgIpc) is 2.42. The summed E-state index contributed by atoms with van der Waals surface area (Å²) in [6.45, 7) is 7.58. The highest BCUT2D eigenvalue weighted by Gasteiger charge is 2.42. The number of piperidine rings is 1.